The van der Waals surface area contributed by atoms with Crippen molar-refractivity contribution in [2.45, 2.75) is 45.3 Å². The molecular weight excluding hydrogens is 278 g/mol. The van der Waals surface area contributed by atoms with E-state index in [4.69, 9.17) is 10.5 Å². The van der Waals surface area contributed by atoms with Crippen LogP contribution in [0.15, 0.2) is 0 Å². The highest BCUT2D eigenvalue weighted by molar-refractivity contribution is 7.86. The van der Waals surface area contributed by atoms with E-state index in [1.807, 2.05) is 13.8 Å². The summed E-state index contributed by atoms with van der Waals surface area (Å²) in [5, 5.41) is 0. The van der Waals surface area contributed by atoms with Crippen molar-refractivity contribution in [3.63, 3.8) is 0 Å². The first-order valence-corrected chi connectivity index (χ1v) is 8.94. The number of rotatable bonds is 4. The predicted molar refractivity (Wildman–Crippen MR) is 78.5 cm³/mol. The fraction of sp³-hybridized carbons (Fsp3) is 1.00. The van der Waals surface area contributed by atoms with Crippen molar-refractivity contribution in [1.82, 2.24) is 8.61 Å². The summed E-state index contributed by atoms with van der Waals surface area (Å²) in [4.78, 5) is 0. The Bertz CT molecular complexity index is 397. The molecule has 2 rings (SSSR count). The average Bonchev–Trinajstić information content (AvgIpc) is 2.38. The molecule has 0 aromatic rings. The van der Waals surface area contributed by atoms with Crippen molar-refractivity contribution in [2.24, 2.45) is 11.7 Å². The van der Waals surface area contributed by atoms with Crippen molar-refractivity contribution < 1.29 is 13.2 Å². The molecular formula is C13H27N3O3S. The number of hydrogen-bond donors (Lipinski definition) is 1. The zero-order valence-corrected chi connectivity index (χ0v) is 13.3. The van der Waals surface area contributed by atoms with E-state index in [1.54, 1.807) is 8.61 Å². The number of piperidine rings is 1. The third kappa shape index (κ3) is 3.71. The summed E-state index contributed by atoms with van der Waals surface area (Å²) >= 11 is 0. The Hall–Kier alpha value is -0.210. The van der Waals surface area contributed by atoms with Crippen LogP contribution in [0.2, 0.25) is 0 Å². The fourth-order valence-corrected chi connectivity index (χ4v) is 4.94. The lowest BCUT2D eigenvalue weighted by Crippen LogP contribution is -2.54. The molecule has 0 spiro atoms. The summed E-state index contributed by atoms with van der Waals surface area (Å²) in [6, 6.07) is 0. The highest BCUT2D eigenvalue weighted by Gasteiger charge is 2.36. The maximum Gasteiger partial charge on any atom is 0.282 e. The van der Waals surface area contributed by atoms with Crippen LogP contribution in [-0.2, 0) is 14.9 Å². The minimum Gasteiger partial charge on any atom is -0.373 e. The monoisotopic (exact) mass is 305 g/mol. The Labute approximate surface area is 122 Å². The molecule has 2 unspecified atom stereocenters. The predicted octanol–water partition coefficient (Wildman–Crippen LogP) is 0.401. The molecule has 0 aromatic heterocycles. The molecule has 0 aromatic carbocycles. The van der Waals surface area contributed by atoms with Crippen LogP contribution in [0.5, 0.6) is 0 Å². The van der Waals surface area contributed by atoms with Gasteiger partial charge in [-0.2, -0.15) is 17.0 Å². The molecule has 20 heavy (non-hydrogen) atoms. The third-order valence-electron chi connectivity index (χ3n) is 4.19. The smallest absolute Gasteiger partial charge is 0.282 e. The van der Waals surface area contributed by atoms with Crippen molar-refractivity contribution in [3.8, 4) is 0 Å². The first-order valence-electron chi connectivity index (χ1n) is 7.54. The van der Waals surface area contributed by atoms with Crippen LogP contribution in [0.3, 0.4) is 0 Å². The molecule has 2 heterocycles. The summed E-state index contributed by atoms with van der Waals surface area (Å²) in [6.45, 7) is 6.68. The van der Waals surface area contributed by atoms with E-state index in [0.717, 1.165) is 19.3 Å². The first-order chi connectivity index (χ1) is 9.43. The van der Waals surface area contributed by atoms with Crippen molar-refractivity contribution in [2.75, 3.05) is 32.7 Å². The summed E-state index contributed by atoms with van der Waals surface area (Å²) in [6.07, 6.45) is 2.77. The minimum atomic E-state index is -3.33. The molecule has 0 amide bonds. The van der Waals surface area contributed by atoms with Gasteiger partial charge in [-0.25, -0.2) is 0 Å². The summed E-state index contributed by atoms with van der Waals surface area (Å²) in [5.74, 6) is 0.578. The van der Waals surface area contributed by atoms with Crippen LogP contribution in [0.1, 0.15) is 33.1 Å². The highest BCUT2D eigenvalue weighted by Crippen LogP contribution is 2.25. The SMILES string of the molecule is CC1CN(S(=O)(=O)N2CCC(CCN)CC2)CC(C)O1. The maximum atomic E-state index is 12.7. The van der Waals surface area contributed by atoms with E-state index in [9.17, 15) is 8.42 Å². The second-order valence-electron chi connectivity index (χ2n) is 6.00. The second-order valence-corrected chi connectivity index (χ2v) is 7.93. The van der Waals surface area contributed by atoms with E-state index in [2.05, 4.69) is 0 Å². The van der Waals surface area contributed by atoms with Crippen LogP contribution in [-0.4, -0.2) is 62.0 Å². The molecule has 2 saturated heterocycles. The zero-order valence-electron chi connectivity index (χ0n) is 12.5. The Morgan fingerprint density at radius 2 is 1.65 bits per heavy atom. The minimum absolute atomic E-state index is 0.0386. The van der Waals surface area contributed by atoms with Crippen LogP contribution in [0.4, 0.5) is 0 Å². The van der Waals surface area contributed by atoms with Gasteiger partial charge in [0.25, 0.3) is 10.2 Å². The number of ether oxygens (including phenoxy) is 1. The van der Waals surface area contributed by atoms with Crippen LogP contribution >= 0.6 is 0 Å². The van der Waals surface area contributed by atoms with Crippen molar-refractivity contribution in [1.29, 1.82) is 0 Å². The lowest BCUT2D eigenvalue weighted by Gasteiger charge is -2.39. The Morgan fingerprint density at radius 3 is 2.15 bits per heavy atom. The van der Waals surface area contributed by atoms with E-state index in [0.29, 0.717) is 38.6 Å². The first kappa shape index (κ1) is 16.2. The van der Waals surface area contributed by atoms with Crippen molar-refractivity contribution in [3.05, 3.63) is 0 Å². The van der Waals surface area contributed by atoms with E-state index in [1.165, 1.54) is 0 Å². The Balaban J connectivity index is 1.97. The summed E-state index contributed by atoms with van der Waals surface area (Å²) < 4.78 is 34.2. The van der Waals surface area contributed by atoms with E-state index in [-0.39, 0.29) is 12.2 Å². The molecule has 6 nitrogen and oxygen atoms in total. The molecule has 0 bridgehead atoms. The van der Waals surface area contributed by atoms with Gasteiger partial charge < -0.3 is 10.5 Å². The Kier molecular flexibility index (Phi) is 5.42. The normalized spacial score (nSPS) is 31.6. The highest BCUT2D eigenvalue weighted by atomic mass is 32.2. The van der Waals surface area contributed by atoms with Crippen LogP contribution in [0.25, 0.3) is 0 Å². The van der Waals surface area contributed by atoms with Crippen LogP contribution in [0, 0.1) is 5.92 Å². The molecule has 0 saturated carbocycles. The van der Waals surface area contributed by atoms with E-state index < -0.39 is 10.2 Å². The Morgan fingerprint density at radius 1 is 1.10 bits per heavy atom. The van der Waals surface area contributed by atoms with E-state index >= 15 is 0 Å². The molecule has 0 radical (unpaired) electrons. The van der Waals surface area contributed by atoms with Gasteiger partial charge in [-0.15, -0.1) is 0 Å². The number of nitrogens with zero attached hydrogens (tertiary/aromatic N) is 2. The molecule has 2 aliphatic rings. The summed E-state index contributed by atoms with van der Waals surface area (Å²) in [5.41, 5.74) is 5.57. The topological polar surface area (TPSA) is 75.9 Å². The van der Waals surface area contributed by atoms with Crippen molar-refractivity contribution >= 4 is 10.2 Å². The molecule has 2 aliphatic heterocycles. The average molecular weight is 305 g/mol. The molecule has 2 atom stereocenters. The largest absolute Gasteiger partial charge is 0.373 e. The van der Waals surface area contributed by atoms with Gasteiger partial charge in [0.05, 0.1) is 12.2 Å². The fourth-order valence-electron chi connectivity index (χ4n) is 3.15. The van der Waals surface area contributed by atoms with Gasteiger partial charge in [0.15, 0.2) is 0 Å². The van der Waals surface area contributed by atoms with Gasteiger partial charge in [0.2, 0.25) is 0 Å². The van der Waals surface area contributed by atoms with Gasteiger partial charge in [0.1, 0.15) is 0 Å². The molecule has 2 fully saturated rings. The molecule has 2 N–H and O–H groups in total. The van der Waals surface area contributed by atoms with Gasteiger partial charge >= 0.3 is 0 Å². The lowest BCUT2D eigenvalue weighted by atomic mass is 9.95. The summed E-state index contributed by atoms with van der Waals surface area (Å²) in [7, 11) is -3.33. The maximum absolute atomic E-state index is 12.7. The lowest BCUT2D eigenvalue weighted by molar-refractivity contribution is -0.0456. The van der Waals surface area contributed by atoms with Gasteiger partial charge in [-0.05, 0) is 45.6 Å². The number of hydrogen-bond acceptors (Lipinski definition) is 4. The standard InChI is InChI=1S/C13H27N3O3S/c1-11-9-16(10-12(2)19-11)20(17,18)15-7-4-13(3-6-14)5-8-15/h11-13H,3-10,14H2,1-2H3. The van der Waals surface area contributed by atoms with Gasteiger partial charge in [-0.3, -0.25) is 0 Å². The number of morpholine rings is 1. The molecule has 7 heteroatoms. The quantitative estimate of drug-likeness (QED) is 0.816. The van der Waals surface area contributed by atoms with Crippen LogP contribution < -0.4 is 5.73 Å². The van der Waals surface area contributed by atoms with Gasteiger partial charge in [0, 0.05) is 26.2 Å². The zero-order chi connectivity index (χ0) is 14.8. The molecule has 0 aliphatic carbocycles. The molecule has 118 valence electrons. The number of nitrogens with two attached hydrogens (primary N) is 1. The third-order valence-corrected chi connectivity index (χ3v) is 6.16. The van der Waals surface area contributed by atoms with Gasteiger partial charge in [-0.1, -0.05) is 0 Å². The second kappa shape index (κ2) is 6.70.